The van der Waals surface area contributed by atoms with Crippen molar-refractivity contribution >= 4 is 39.6 Å². The van der Waals surface area contributed by atoms with Crippen molar-refractivity contribution in [3.05, 3.63) is 71.3 Å². The van der Waals surface area contributed by atoms with Crippen molar-refractivity contribution in [2.24, 2.45) is 0 Å². The van der Waals surface area contributed by atoms with Crippen LogP contribution >= 0.6 is 0 Å². The molecule has 0 bridgehead atoms. The predicted molar refractivity (Wildman–Crippen MR) is 143 cm³/mol. The van der Waals surface area contributed by atoms with Gasteiger partial charge < -0.3 is 19.7 Å². The Kier molecular flexibility index (Phi) is 5.65. The molecule has 7 rings (SSSR count). The van der Waals surface area contributed by atoms with E-state index in [9.17, 15) is 22.8 Å². The smallest absolute Gasteiger partial charge is 0.375 e. The second-order valence-electron chi connectivity index (χ2n) is 10.6. The molecule has 0 atom stereocenters. The number of alkyl halides is 3. The van der Waals surface area contributed by atoms with Gasteiger partial charge in [-0.25, -0.2) is 9.78 Å². The molecule has 4 aromatic rings. The highest BCUT2D eigenvalue weighted by Gasteiger charge is 2.36. The number of likely N-dealkylation sites (tertiary alicyclic amines) is 1. The first kappa shape index (κ1) is 24.7. The summed E-state index contributed by atoms with van der Waals surface area (Å²) in [5, 5.41) is 3.52. The summed E-state index contributed by atoms with van der Waals surface area (Å²) >= 11 is 0. The third kappa shape index (κ3) is 3.94. The van der Waals surface area contributed by atoms with Crippen LogP contribution in [0.15, 0.2) is 48.9 Å². The highest BCUT2D eigenvalue weighted by molar-refractivity contribution is 6.33. The van der Waals surface area contributed by atoms with Crippen LogP contribution < -0.4 is 5.32 Å². The summed E-state index contributed by atoms with van der Waals surface area (Å²) in [6, 6.07) is 7.71. The summed E-state index contributed by atoms with van der Waals surface area (Å²) in [5.74, 6) is -0.196. The molecule has 11 heteroatoms. The Bertz CT molecular complexity index is 1710. The van der Waals surface area contributed by atoms with E-state index in [2.05, 4.69) is 10.3 Å². The van der Waals surface area contributed by atoms with E-state index in [1.54, 1.807) is 22.2 Å². The van der Waals surface area contributed by atoms with Crippen LogP contribution in [-0.2, 0) is 24.1 Å². The van der Waals surface area contributed by atoms with E-state index in [0.717, 1.165) is 31.4 Å². The second-order valence-corrected chi connectivity index (χ2v) is 10.6. The van der Waals surface area contributed by atoms with Crippen LogP contribution in [0.4, 0.5) is 18.0 Å². The van der Waals surface area contributed by atoms with E-state index in [0.29, 0.717) is 70.8 Å². The number of Topliss-reactive ketones (excluding diaryl/α,β-unsaturated/α-hetero) is 1. The lowest BCUT2D eigenvalue weighted by molar-refractivity contribution is -0.137. The van der Waals surface area contributed by atoms with Crippen LogP contribution in [0.25, 0.3) is 27.8 Å². The van der Waals surface area contributed by atoms with Gasteiger partial charge in [0, 0.05) is 56.1 Å². The first-order valence-electron chi connectivity index (χ1n) is 13.5. The monoisotopic (exact) mass is 548 g/mol. The molecule has 1 aromatic carbocycles. The van der Waals surface area contributed by atoms with Crippen molar-refractivity contribution in [2.45, 2.75) is 38.5 Å². The minimum Gasteiger partial charge on any atom is -0.375 e. The quantitative estimate of drug-likeness (QED) is 0.392. The number of pyridine rings is 1. The number of carbonyl (C=O) groups excluding carboxylic acids is 2. The van der Waals surface area contributed by atoms with Crippen LogP contribution in [0, 0.1) is 0 Å². The molecule has 1 fully saturated rings. The van der Waals surface area contributed by atoms with E-state index < -0.39 is 11.7 Å². The molecule has 1 N–H and O–H groups in total. The lowest BCUT2D eigenvalue weighted by Gasteiger charge is -2.32. The number of aromatic nitrogens is 3. The first-order valence-corrected chi connectivity index (χ1v) is 13.5. The normalized spacial score (nSPS) is 18.1. The number of rotatable bonds is 2. The number of ketones is 1. The van der Waals surface area contributed by atoms with Crippen molar-refractivity contribution in [3.63, 3.8) is 0 Å². The SMILES string of the molecule is O=C1CNC(c2cnc3ccccn23)=C1c1cn2c3c(cc(C(F)(F)F)cc13)CN(C(=O)N1CCCCC1)CC2. The zero-order valence-electron chi connectivity index (χ0n) is 21.7. The van der Waals surface area contributed by atoms with E-state index >= 15 is 0 Å². The van der Waals surface area contributed by atoms with E-state index in [1.807, 2.05) is 33.4 Å². The number of amides is 2. The third-order valence-corrected chi connectivity index (χ3v) is 8.14. The molecule has 0 aliphatic carbocycles. The summed E-state index contributed by atoms with van der Waals surface area (Å²) < 4.78 is 46.2. The highest BCUT2D eigenvalue weighted by atomic mass is 19.4. The maximum atomic E-state index is 14.2. The second kappa shape index (κ2) is 9.14. The molecule has 1 saturated heterocycles. The van der Waals surface area contributed by atoms with Crippen molar-refractivity contribution < 1.29 is 22.8 Å². The van der Waals surface area contributed by atoms with Crippen LogP contribution in [-0.4, -0.2) is 61.7 Å². The largest absolute Gasteiger partial charge is 0.416 e. The van der Waals surface area contributed by atoms with Gasteiger partial charge in [-0.2, -0.15) is 13.2 Å². The van der Waals surface area contributed by atoms with Crippen LogP contribution in [0.2, 0.25) is 0 Å². The zero-order chi connectivity index (χ0) is 27.6. The summed E-state index contributed by atoms with van der Waals surface area (Å²) in [4.78, 5) is 34.5. The predicted octanol–water partition coefficient (Wildman–Crippen LogP) is 4.77. The van der Waals surface area contributed by atoms with Crippen molar-refractivity contribution in [1.82, 2.24) is 29.1 Å². The average molecular weight is 549 g/mol. The van der Waals surface area contributed by atoms with Gasteiger partial charge in [-0.15, -0.1) is 0 Å². The minimum absolute atomic E-state index is 0.0430. The first-order chi connectivity index (χ1) is 19.3. The number of carbonyl (C=O) groups is 2. The molecule has 0 radical (unpaired) electrons. The summed E-state index contributed by atoms with van der Waals surface area (Å²) in [6.45, 7) is 2.22. The fraction of sp³-hybridized carbons (Fsp3) is 0.345. The van der Waals surface area contributed by atoms with E-state index in [-0.39, 0.29) is 24.9 Å². The molecular weight excluding hydrogens is 521 g/mol. The lowest BCUT2D eigenvalue weighted by Crippen LogP contribution is -2.45. The van der Waals surface area contributed by atoms with Crippen LogP contribution in [0.3, 0.4) is 0 Å². The van der Waals surface area contributed by atoms with Gasteiger partial charge in [0.25, 0.3) is 0 Å². The van der Waals surface area contributed by atoms with Gasteiger partial charge in [0.05, 0.1) is 40.8 Å². The van der Waals surface area contributed by atoms with Crippen molar-refractivity contribution in [1.29, 1.82) is 0 Å². The topological polar surface area (TPSA) is 74.9 Å². The fourth-order valence-corrected chi connectivity index (χ4v) is 6.26. The van der Waals surface area contributed by atoms with E-state index in [1.165, 1.54) is 0 Å². The Balaban J connectivity index is 1.39. The van der Waals surface area contributed by atoms with Gasteiger partial charge in [-0.3, -0.25) is 9.20 Å². The number of benzene rings is 1. The molecular formula is C29H27F3N6O2. The average Bonchev–Trinajstić information content (AvgIpc) is 3.61. The Hall–Kier alpha value is -4.28. The maximum Gasteiger partial charge on any atom is 0.416 e. The molecule has 8 nitrogen and oxygen atoms in total. The number of nitrogens with zero attached hydrogens (tertiary/aromatic N) is 5. The molecule has 206 valence electrons. The van der Waals surface area contributed by atoms with Crippen molar-refractivity contribution in [2.75, 3.05) is 26.2 Å². The highest BCUT2D eigenvalue weighted by Crippen LogP contribution is 2.41. The number of piperidine rings is 1. The fourth-order valence-electron chi connectivity index (χ4n) is 6.26. The number of hydrogen-bond donors (Lipinski definition) is 1. The lowest BCUT2D eigenvalue weighted by atomic mass is 9.97. The molecule has 3 aromatic heterocycles. The number of hydrogen-bond acceptors (Lipinski definition) is 4. The van der Waals surface area contributed by atoms with Gasteiger partial charge in [0.2, 0.25) is 0 Å². The molecule has 2 amide bonds. The van der Waals surface area contributed by atoms with Crippen LogP contribution in [0.5, 0.6) is 0 Å². The Labute approximate surface area is 227 Å². The van der Waals surface area contributed by atoms with Gasteiger partial charge in [-0.1, -0.05) is 6.07 Å². The van der Waals surface area contributed by atoms with Crippen molar-refractivity contribution in [3.8, 4) is 0 Å². The standard InChI is InChI=1S/C29H27F3N6O2/c30-29(31,32)19-12-18-16-37(28(40)35-7-3-1-4-8-35)11-10-36-17-21(20(13-19)27(18)36)25-23(39)15-34-26(25)22-14-33-24-6-2-5-9-38(22)24/h2,5-6,9,12-14,17,34H,1,3-4,7-8,10-11,15-16H2. The Morgan fingerprint density at radius 3 is 2.62 bits per heavy atom. The number of nitrogens with one attached hydrogen (secondary N) is 1. The number of fused-ring (bicyclic) bond motifs is 1. The maximum absolute atomic E-state index is 14.2. The Morgan fingerprint density at radius 1 is 1.00 bits per heavy atom. The Morgan fingerprint density at radius 2 is 1.82 bits per heavy atom. The number of urea groups is 1. The molecule has 0 spiro atoms. The van der Waals surface area contributed by atoms with Gasteiger partial charge in [-0.05, 0) is 49.1 Å². The molecule has 40 heavy (non-hydrogen) atoms. The molecule has 6 heterocycles. The van der Waals surface area contributed by atoms with Crippen LogP contribution in [0.1, 0.15) is 41.6 Å². The summed E-state index contributed by atoms with van der Waals surface area (Å²) in [6.07, 6.45) is 3.62. The number of halogens is 3. The van der Waals surface area contributed by atoms with Gasteiger partial charge in [0.15, 0.2) is 5.78 Å². The van der Waals surface area contributed by atoms with Gasteiger partial charge >= 0.3 is 12.2 Å². The number of imidazole rings is 1. The summed E-state index contributed by atoms with van der Waals surface area (Å²) in [5.41, 5.74) is 2.96. The third-order valence-electron chi connectivity index (χ3n) is 8.14. The van der Waals surface area contributed by atoms with E-state index in [4.69, 9.17) is 0 Å². The molecule has 3 aliphatic heterocycles. The minimum atomic E-state index is -4.59. The molecule has 0 saturated carbocycles. The molecule has 0 unspecified atom stereocenters. The van der Waals surface area contributed by atoms with Gasteiger partial charge in [0.1, 0.15) is 5.65 Å². The molecule has 3 aliphatic rings. The summed E-state index contributed by atoms with van der Waals surface area (Å²) in [7, 11) is 0. The zero-order valence-corrected chi connectivity index (χ0v) is 21.7.